The van der Waals surface area contributed by atoms with Crippen LogP contribution in [0, 0.1) is 11.6 Å². The molecule has 1 aliphatic rings. The van der Waals surface area contributed by atoms with Crippen molar-refractivity contribution >= 4 is 0 Å². The van der Waals surface area contributed by atoms with Gasteiger partial charge in [-0.15, -0.1) is 0 Å². The van der Waals surface area contributed by atoms with E-state index >= 15 is 0 Å². The monoisotopic (exact) mass is 275 g/mol. The van der Waals surface area contributed by atoms with E-state index in [9.17, 15) is 8.78 Å². The number of aryl methyl sites for hydroxylation is 1. The Morgan fingerprint density at radius 3 is 2.85 bits per heavy atom. The summed E-state index contributed by atoms with van der Waals surface area (Å²) in [6.07, 6.45) is 1.88. The lowest BCUT2D eigenvalue weighted by atomic mass is 9.95. The fourth-order valence-corrected chi connectivity index (χ4v) is 2.51. The first-order valence-corrected chi connectivity index (χ1v) is 6.62. The zero-order valence-corrected chi connectivity index (χ0v) is 10.9. The molecule has 0 saturated carbocycles. The lowest BCUT2D eigenvalue weighted by Crippen LogP contribution is -2.16. The first-order chi connectivity index (χ1) is 9.66. The third-order valence-electron chi connectivity index (χ3n) is 3.61. The smallest absolute Gasteiger partial charge is 0.163 e. The van der Waals surface area contributed by atoms with Gasteiger partial charge < -0.3 is 10.5 Å². The molecule has 104 valence electrons. The topological polar surface area (TPSA) is 35.2 Å². The van der Waals surface area contributed by atoms with Crippen LogP contribution in [0.4, 0.5) is 8.78 Å². The highest BCUT2D eigenvalue weighted by Crippen LogP contribution is 2.30. The van der Waals surface area contributed by atoms with Crippen molar-refractivity contribution in [3.8, 4) is 5.75 Å². The molecule has 4 heteroatoms. The Bertz CT molecular complexity index is 642. The van der Waals surface area contributed by atoms with E-state index in [2.05, 4.69) is 0 Å². The summed E-state index contributed by atoms with van der Waals surface area (Å²) in [5.41, 5.74) is 8.07. The normalized spacial score (nSPS) is 15.3. The first-order valence-electron chi connectivity index (χ1n) is 6.62. The van der Waals surface area contributed by atoms with E-state index < -0.39 is 17.7 Å². The number of hydrogen-bond donors (Lipinski definition) is 1. The number of ether oxygens (including phenoxy) is 1. The van der Waals surface area contributed by atoms with Gasteiger partial charge in [0.15, 0.2) is 11.6 Å². The van der Waals surface area contributed by atoms with Crippen molar-refractivity contribution in [3.63, 3.8) is 0 Å². The first kappa shape index (κ1) is 13.1. The number of fused-ring (bicyclic) bond motifs is 1. The van der Waals surface area contributed by atoms with Crippen LogP contribution in [-0.2, 0) is 6.42 Å². The van der Waals surface area contributed by atoms with Gasteiger partial charge in [-0.05, 0) is 36.1 Å². The summed E-state index contributed by atoms with van der Waals surface area (Å²) in [5, 5.41) is 0. The Morgan fingerprint density at radius 2 is 2.00 bits per heavy atom. The van der Waals surface area contributed by atoms with E-state index in [0.29, 0.717) is 0 Å². The zero-order chi connectivity index (χ0) is 14.1. The molecule has 1 heterocycles. The highest BCUT2D eigenvalue weighted by molar-refractivity contribution is 5.42. The van der Waals surface area contributed by atoms with E-state index in [1.54, 1.807) is 6.07 Å². The van der Waals surface area contributed by atoms with E-state index in [0.717, 1.165) is 42.4 Å². The third kappa shape index (κ3) is 2.27. The maximum atomic E-state index is 13.8. The summed E-state index contributed by atoms with van der Waals surface area (Å²) >= 11 is 0. The van der Waals surface area contributed by atoms with Crippen molar-refractivity contribution in [1.82, 2.24) is 0 Å². The molecule has 0 aliphatic carbocycles. The lowest BCUT2D eigenvalue weighted by molar-refractivity contribution is 0.288. The lowest BCUT2D eigenvalue weighted by Gasteiger charge is -2.20. The molecule has 0 spiro atoms. The number of halogens is 2. The molecule has 2 aromatic carbocycles. The van der Waals surface area contributed by atoms with Crippen LogP contribution in [0.25, 0.3) is 0 Å². The molecule has 0 aromatic heterocycles. The summed E-state index contributed by atoms with van der Waals surface area (Å²) in [7, 11) is 0. The predicted octanol–water partition coefficient (Wildman–Crippen LogP) is 3.34. The molecule has 2 aromatic rings. The quantitative estimate of drug-likeness (QED) is 0.912. The van der Waals surface area contributed by atoms with Gasteiger partial charge in [-0.25, -0.2) is 8.78 Å². The second-order valence-electron chi connectivity index (χ2n) is 4.94. The van der Waals surface area contributed by atoms with Gasteiger partial charge >= 0.3 is 0 Å². The Kier molecular flexibility index (Phi) is 3.40. The molecule has 3 rings (SSSR count). The van der Waals surface area contributed by atoms with Gasteiger partial charge in [0.25, 0.3) is 0 Å². The fourth-order valence-electron chi connectivity index (χ4n) is 2.51. The number of hydrogen-bond acceptors (Lipinski definition) is 2. The molecule has 0 fully saturated rings. The van der Waals surface area contributed by atoms with Crippen molar-refractivity contribution in [3.05, 3.63) is 64.7 Å². The van der Waals surface area contributed by atoms with Gasteiger partial charge in [0.1, 0.15) is 5.75 Å². The van der Waals surface area contributed by atoms with E-state index in [1.165, 1.54) is 12.1 Å². The summed E-state index contributed by atoms with van der Waals surface area (Å²) in [6, 6.07) is 8.96. The van der Waals surface area contributed by atoms with Gasteiger partial charge in [-0.2, -0.15) is 0 Å². The van der Waals surface area contributed by atoms with Crippen molar-refractivity contribution < 1.29 is 13.5 Å². The van der Waals surface area contributed by atoms with Crippen LogP contribution in [0.5, 0.6) is 5.75 Å². The summed E-state index contributed by atoms with van der Waals surface area (Å²) < 4.78 is 32.6. The third-order valence-corrected chi connectivity index (χ3v) is 3.61. The number of rotatable bonds is 2. The molecule has 0 amide bonds. The van der Waals surface area contributed by atoms with Gasteiger partial charge in [0.05, 0.1) is 12.6 Å². The van der Waals surface area contributed by atoms with Gasteiger partial charge in [0, 0.05) is 5.56 Å². The second kappa shape index (κ2) is 5.21. The highest BCUT2D eigenvalue weighted by atomic mass is 19.2. The molecule has 0 bridgehead atoms. The van der Waals surface area contributed by atoms with E-state index in [1.807, 2.05) is 12.1 Å². The van der Waals surface area contributed by atoms with Crippen LogP contribution in [0.1, 0.15) is 29.2 Å². The average molecular weight is 275 g/mol. The highest BCUT2D eigenvalue weighted by Gasteiger charge is 2.18. The van der Waals surface area contributed by atoms with Crippen LogP contribution in [0.3, 0.4) is 0 Å². The minimum absolute atomic E-state index is 0.168. The van der Waals surface area contributed by atoms with E-state index in [4.69, 9.17) is 10.5 Å². The average Bonchev–Trinajstić information content (AvgIpc) is 2.49. The molecule has 2 N–H and O–H groups in total. The molecule has 0 radical (unpaired) electrons. The zero-order valence-electron chi connectivity index (χ0n) is 10.9. The Balaban J connectivity index is 1.98. The Hall–Kier alpha value is -1.94. The fraction of sp³-hybridized carbons (Fsp3) is 0.250. The van der Waals surface area contributed by atoms with Crippen molar-refractivity contribution in [1.29, 1.82) is 0 Å². The van der Waals surface area contributed by atoms with Gasteiger partial charge in [-0.3, -0.25) is 0 Å². The molecular weight excluding hydrogens is 260 g/mol. The van der Waals surface area contributed by atoms with E-state index in [-0.39, 0.29) is 5.56 Å². The maximum Gasteiger partial charge on any atom is 0.163 e. The van der Waals surface area contributed by atoms with Crippen molar-refractivity contribution in [2.24, 2.45) is 5.73 Å². The summed E-state index contributed by atoms with van der Waals surface area (Å²) in [6.45, 7) is 0.719. The molecule has 0 saturated heterocycles. The predicted molar refractivity (Wildman–Crippen MR) is 72.6 cm³/mol. The molecule has 1 aliphatic heterocycles. The summed E-state index contributed by atoms with van der Waals surface area (Å²) in [5.74, 6) is -0.903. The Labute approximate surface area is 116 Å². The van der Waals surface area contributed by atoms with Gasteiger partial charge in [-0.1, -0.05) is 24.3 Å². The number of nitrogens with two attached hydrogens (primary N) is 1. The molecule has 2 nitrogen and oxygen atoms in total. The second-order valence-corrected chi connectivity index (χ2v) is 4.94. The number of benzene rings is 2. The van der Waals surface area contributed by atoms with Crippen LogP contribution >= 0.6 is 0 Å². The van der Waals surface area contributed by atoms with Crippen LogP contribution in [0.2, 0.25) is 0 Å². The molecular formula is C16H15F2NO. The standard InChI is InChI=1S/C16H15F2NO/c17-13-5-1-4-12(15(13)18)16(19)11-6-7-14-10(9-11)3-2-8-20-14/h1,4-7,9,16H,2-3,8,19H2. The molecule has 20 heavy (non-hydrogen) atoms. The largest absolute Gasteiger partial charge is 0.493 e. The van der Waals surface area contributed by atoms with Crippen LogP contribution in [-0.4, -0.2) is 6.61 Å². The molecule has 1 atom stereocenters. The summed E-state index contributed by atoms with van der Waals surface area (Å²) in [4.78, 5) is 0. The Morgan fingerprint density at radius 1 is 1.15 bits per heavy atom. The minimum atomic E-state index is -0.881. The van der Waals surface area contributed by atoms with Crippen LogP contribution in [0.15, 0.2) is 36.4 Å². The van der Waals surface area contributed by atoms with Crippen molar-refractivity contribution in [2.45, 2.75) is 18.9 Å². The SMILES string of the molecule is NC(c1ccc2c(c1)CCCO2)c1cccc(F)c1F. The van der Waals surface area contributed by atoms with Crippen LogP contribution < -0.4 is 10.5 Å². The maximum absolute atomic E-state index is 13.8. The molecule has 1 unspecified atom stereocenters. The van der Waals surface area contributed by atoms with Gasteiger partial charge in [0.2, 0.25) is 0 Å². The minimum Gasteiger partial charge on any atom is -0.493 e. The van der Waals surface area contributed by atoms with Crippen molar-refractivity contribution in [2.75, 3.05) is 6.61 Å².